The predicted octanol–water partition coefficient (Wildman–Crippen LogP) is 6.82. The minimum atomic E-state index is -0.479. The van der Waals surface area contributed by atoms with E-state index in [1.165, 1.54) is 0 Å². The molecule has 0 radical (unpaired) electrons. The summed E-state index contributed by atoms with van der Waals surface area (Å²) in [5, 5.41) is 0. The van der Waals surface area contributed by atoms with Crippen molar-refractivity contribution in [2.24, 2.45) is 5.41 Å². The lowest BCUT2D eigenvalue weighted by Gasteiger charge is -2.32. The molecule has 4 rings (SSSR count). The first kappa shape index (κ1) is 23.3. The molecular weight excluding hydrogens is 395 g/mol. The molecule has 1 atom stereocenters. The highest BCUT2D eigenvalue weighted by atomic mass is 16.7. The Labute approximate surface area is 194 Å². The monoisotopic (exact) mass is 432 g/mol. The van der Waals surface area contributed by atoms with Crippen molar-refractivity contribution in [1.82, 2.24) is 0 Å². The average Bonchev–Trinajstić information content (AvgIpc) is 3.06. The largest absolute Gasteiger partial charge is 0.495 e. The maximum absolute atomic E-state index is 6.78. The van der Waals surface area contributed by atoms with Crippen LogP contribution in [0.15, 0.2) is 60.7 Å². The maximum atomic E-state index is 6.78. The molecule has 2 aromatic rings. The van der Waals surface area contributed by atoms with E-state index in [-0.39, 0.29) is 17.1 Å². The fraction of sp³-hybridized carbons (Fsp3) is 0.500. The molecule has 0 saturated carbocycles. The summed E-state index contributed by atoms with van der Waals surface area (Å²) < 4.78 is 20.0. The highest BCUT2D eigenvalue weighted by Crippen LogP contribution is 2.51. The van der Waals surface area contributed by atoms with Crippen LogP contribution in [-0.2, 0) is 14.0 Å². The van der Waals surface area contributed by atoms with Gasteiger partial charge >= 0.3 is 7.12 Å². The Bertz CT molecular complexity index is 876. The van der Waals surface area contributed by atoms with E-state index in [0.717, 1.165) is 28.6 Å². The predicted molar refractivity (Wildman–Crippen MR) is 133 cm³/mol. The zero-order chi connectivity index (χ0) is 23.4. The molecule has 2 aliphatic heterocycles. The zero-order valence-electron chi connectivity index (χ0n) is 20.9. The van der Waals surface area contributed by atoms with Crippen LogP contribution in [0, 0.1) is 5.41 Å². The van der Waals surface area contributed by atoms with Crippen molar-refractivity contribution in [3.05, 3.63) is 71.8 Å². The molecule has 2 fully saturated rings. The summed E-state index contributed by atoms with van der Waals surface area (Å²) >= 11 is 0. The van der Waals surface area contributed by atoms with Gasteiger partial charge in [-0.15, -0.1) is 0 Å². The Hall–Kier alpha value is -1.88. The van der Waals surface area contributed by atoms with Crippen molar-refractivity contribution >= 4 is 18.2 Å². The summed E-state index contributed by atoms with van der Waals surface area (Å²) in [5.74, 6) is 0. The second-order valence-electron chi connectivity index (χ2n) is 11.4. The van der Waals surface area contributed by atoms with Crippen LogP contribution in [0.4, 0.5) is 0 Å². The molecule has 2 aromatic carbocycles. The van der Waals surface area contributed by atoms with Gasteiger partial charge in [-0.1, -0.05) is 74.5 Å². The molecule has 170 valence electrons. The Morgan fingerprint density at radius 1 is 0.688 bits per heavy atom. The van der Waals surface area contributed by atoms with E-state index in [1.54, 1.807) is 0 Å². The smallest absolute Gasteiger partial charge is 0.399 e. The van der Waals surface area contributed by atoms with Gasteiger partial charge in [-0.3, -0.25) is 0 Å². The van der Waals surface area contributed by atoms with Gasteiger partial charge in [0.1, 0.15) is 0 Å². The minimum absolute atomic E-state index is 0.0371. The molecule has 2 saturated heterocycles. The molecule has 1 unspecified atom stereocenters. The Morgan fingerprint density at radius 3 is 1.59 bits per heavy atom. The van der Waals surface area contributed by atoms with Crippen LogP contribution in [0.3, 0.4) is 0 Å². The standard InChI is InChI=1S/C28H37BO3/c1-25(2)19-22(30-26(25,3)4)23(20-15-11-9-12-16-20)24(21-17-13-10-14-18-21)29-31-27(5,6)28(7,8)32-29/h9-18,22H,19H2,1-8H3/b24-23-. The lowest BCUT2D eigenvalue weighted by Crippen LogP contribution is -2.41. The molecule has 3 nitrogen and oxygen atoms in total. The lowest BCUT2D eigenvalue weighted by atomic mass is 9.67. The molecule has 2 aliphatic rings. The number of rotatable bonds is 4. The van der Waals surface area contributed by atoms with Crippen LogP contribution in [-0.4, -0.2) is 30.0 Å². The number of hydrogen-bond acceptors (Lipinski definition) is 3. The van der Waals surface area contributed by atoms with Gasteiger partial charge in [-0.2, -0.15) is 0 Å². The van der Waals surface area contributed by atoms with Gasteiger partial charge in [0.05, 0.1) is 22.9 Å². The third kappa shape index (κ3) is 3.98. The molecule has 0 aromatic heterocycles. The van der Waals surface area contributed by atoms with Crippen molar-refractivity contribution in [1.29, 1.82) is 0 Å². The number of ether oxygens (including phenoxy) is 1. The van der Waals surface area contributed by atoms with Crippen molar-refractivity contribution in [3.63, 3.8) is 0 Å². The van der Waals surface area contributed by atoms with Crippen molar-refractivity contribution < 1.29 is 14.0 Å². The number of benzene rings is 2. The normalized spacial score (nSPS) is 26.1. The van der Waals surface area contributed by atoms with Crippen LogP contribution < -0.4 is 0 Å². The van der Waals surface area contributed by atoms with Gasteiger partial charge in [-0.25, -0.2) is 0 Å². The van der Waals surface area contributed by atoms with Crippen molar-refractivity contribution in [2.45, 2.75) is 84.7 Å². The SMILES string of the molecule is CC1(C)CC(/C(=C(\B2OC(C)(C)C(C)(C)O2)c2ccccc2)c2ccccc2)OC1(C)C. The summed E-state index contributed by atoms with van der Waals surface area (Å²) in [5.41, 5.74) is 3.44. The summed E-state index contributed by atoms with van der Waals surface area (Å²) in [6.07, 6.45) is 0.872. The Morgan fingerprint density at radius 2 is 1.16 bits per heavy atom. The second kappa shape index (κ2) is 7.86. The van der Waals surface area contributed by atoms with E-state index >= 15 is 0 Å². The van der Waals surface area contributed by atoms with Gasteiger partial charge in [0.25, 0.3) is 0 Å². The highest BCUT2D eigenvalue weighted by molar-refractivity contribution is 6.71. The zero-order valence-corrected chi connectivity index (χ0v) is 20.9. The van der Waals surface area contributed by atoms with E-state index in [9.17, 15) is 0 Å². The molecule has 0 bridgehead atoms. The molecule has 32 heavy (non-hydrogen) atoms. The van der Waals surface area contributed by atoms with Gasteiger partial charge in [0, 0.05) is 0 Å². The third-order valence-corrected chi connectivity index (χ3v) is 8.03. The van der Waals surface area contributed by atoms with Crippen LogP contribution in [0.5, 0.6) is 0 Å². The van der Waals surface area contributed by atoms with Crippen molar-refractivity contribution in [3.8, 4) is 0 Å². The van der Waals surface area contributed by atoms with E-state index < -0.39 is 18.3 Å². The minimum Gasteiger partial charge on any atom is -0.399 e. The van der Waals surface area contributed by atoms with E-state index in [1.807, 2.05) is 6.07 Å². The van der Waals surface area contributed by atoms with Crippen LogP contribution in [0.2, 0.25) is 0 Å². The summed E-state index contributed by atoms with van der Waals surface area (Å²) in [7, 11) is -0.479. The molecule has 0 N–H and O–H groups in total. The van der Waals surface area contributed by atoms with E-state index in [2.05, 4.69) is 110 Å². The Kier molecular flexibility index (Phi) is 5.72. The molecule has 0 aliphatic carbocycles. The molecule has 0 spiro atoms. The molecule has 2 heterocycles. The quantitative estimate of drug-likeness (QED) is 0.392. The van der Waals surface area contributed by atoms with Crippen LogP contribution >= 0.6 is 0 Å². The first-order valence-corrected chi connectivity index (χ1v) is 11.7. The van der Waals surface area contributed by atoms with Crippen LogP contribution in [0.25, 0.3) is 11.0 Å². The lowest BCUT2D eigenvalue weighted by molar-refractivity contribution is -0.0351. The number of hydrogen-bond donors (Lipinski definition) is 0. The molecule has 4 heteroatoms. The van der Waals surface area contributed by atoms with E-state index in [0.29, 0.717) is 0 Å². The van der Waals surface area contributed by atoms with E-state index in [4.69, 9.17) is 14.0 Å². The first-order valence-electron chi connectivity index (χ1n) is 11.7. The second-order valence-corrected chi connectivity index (χ2v) is 11.4. The summed E-state index contributed by atoms with van der Waals surface area (Å²) in [4.78, 5) is 0. The Balaban J connectivity index is 1.96. The van der Waals surface area contributed by atoms with Gasteiger partial charge in [-0.05, 0) is 75.6 Å². The van der Waals surface area contributed by atoms with Gasteiger partial charge in [0.15, 0.2) is 0 Å². The topological polar surface area (TPSA) is 27.7 Å². The molecule has 0 amide bonds. The average molecular weight is 432 g/mol. The summed E-state index contributed by atoms with van der Waals surface area (Å²) in [6, 6.07) is 21.1. The van der Waals surface area contributed by atoms with Gasteiger partial charge in [0.2, 0.25) is 0 Å². The van der Waals surface area contributed by atoms with Crippen LogP contribution in [0.1, 0.15) is 72.9 Å². The molecular formula is C28H37BO3. The van der Waals surface area contributed by atoms with Gasteiger partial charge < -0.3 is 14.0 Å². The fourth-order valence-corrected chi connectivity index (χ4v) is 4.56. The first-order chi connectivity index (χ1) is 14.8. The highest BCUT2D eigenvalue weighted by Gasteiger charge is 2.55. The fourth-order valence-electron chi connectivity index (χ4n) is 4.56. The summed E-state index contributed by atoms with van der Waals surface area (Å²) in [6.45, 7) is 17.4. The third-order valence-electron chi connectivity index (χ3n) is 8.03. The maximum Gasteiger partial charge on any atom is 0.495 e. The van der Waals surface area contributed by atoms with Crippen molar-refractivity contribution in [2.75, 3.05) is 0 Å².